The quantitative estimate of drug-likeness (QED) is 0.607. The van der Waals surface area contributed by atoms with E-state index < -0.39 is 11.2 Å². The number of ether oxygens (including phenoxy) is 2. The Kier molecular flexibility index (Phi) is 7.88. The molecule has 1 fully saturated rings. The van der Waals surface area contributed by atoms with Crippen molar-refractivity contribution in [2.45, 2.75) is 25.5 Å². The number of amidine groups is 1. The summed E-state index contributed by atoms with van der Waals surface area (Å²) in [6, 6.07) is 13.7. The topological polar surface area (TPSA) is 97.3 Å². The van der Waals surface area contributed by atoms with Crippen LogP contribution in [-0.2, 0) is 14.3 Å². The first-order valence-electron chi connectivity index (χ1n) is 10.2. The van der Waals surface area contributed by atoms with Gasteiger partial charge in [0.05, 0.1) is 25.0 Å². The van der Waals surface area contributed by atoms with Crippen LogP contribution in [0.3, 0.4) is 0 Å². The molecular weight excluding hydrogens is 430 g/mol. The first-order chi connectivity index (χ1) is 15.4. The maximum Gasteiger partial charge on any atom is 0.337 e. The zero-order valence-electron chi connectivity index (χ0n) is 18.2. The summed E-state index contributed by atoms with van der Waals surface area (Å²) in [6.07, 6.45) is 0.0352. The number of anilines is 1. The maximum absolute atomic E-state index is 12.8. The summed E-state index contributed by atoms with van der Waals surface area (Å²) in [5, 5.41) is 2.80. The number of benzene rings is 2. The van der Waals surface area contributed by atoms with E-state index in [4.69, 9.17) is 9.47 Å². The Morgan fingerprint density at radius 3 is 2.38 bits per heavy atom. The van der Waals surface area contributed by atoms with Crippen LogP contribution >= 0.6 is 11.8 Å². The predicted octanol–water partition coefficient (Wildman–Crippen LogP) is 3.85. The number of carbonyl (C=O) groups excluding carboxylic acids is 3. The number of aliphatic imine (C=N–C) groups is 1. The highest BCUT2D eigenvalue weighted by atomic mass is 32.2. The van der Waals surface area contributed by atoms with Gasteiger partial charge in [0.25, 0.3) is 0 Å². The minimum absolute atomic E-state index is 0.0352. The molecule has 1 atom stereocenters. The monoisotopic (exact) mass is 455 g/mol. The molecule has 1 aliphatic rings. The van der Waals surface area contributed by atoms with Gasteiger partial charge in [-0.2, -0.15) is 0 Å². The van der Waals surface area contributed by atoms with Crippen molar-refractivity contribution in [3.8, 4) is 5.75 Å². The molecule has 0 spiro atoms. The number of esters is 1. The number of nitrogens with zero attached hydrogens (tertiary/aromatic N) is 2. The number of nitrogens with one attached hydrogen (secondary N) is 1. The Hall–Kier alpha value is -3.33. The van der Waals surface area contributed by atoms with Crippen LogP contribution < -0.4 is 10.1 Å². The lowest BCUT2D eigenvalue weighted by Crippen LogP contribution is -2.33. The van der Waals surface area contributed by atoms with Gasteiger partial charge in [-0.05, 0) is 62.4 Å². The first-order valence-corrected chi connectivity index (χ1v) is 11.1. The second-order valence-electron chi connectivity index (χ2n) is 6.83. The van der Waals surface area contributed by atoms with E-state index in [2.05, 4.69) is 10.3 Å². The molecule has 0 saturated carbocycles. The van der Waals surface area contributed by atoms with Gasteiger partial charge in [0, 0.05) is 18.7 Å². The summed E-state index contributed by atoms with van der Waals surface area (Å²) in [4.78, 5) is 43.0. The fourth-order valence-electron chi connectivity index (χ4n) is 3.10. The predicted molar refractivity (Wildman–Crippen MR) is 125 cm³/mol. The Morgan fingerprint density at radius 2 is 1.78 bits per heavy atom. The van der Waals surface area contributed by atoms with Gasteiger partial charge in [-0.15, -0.1) is 0 Å². The highest BCUT2D eigenvalue weighted by Crippen LogP contribution is 2.32. The van der Waals surface area contributed by atoms with Crippen LogP contribution in [0.2, 0.25) is 0 Å². The second-order valence-corrected chi connectivity index (χ2v) is 8.00. The molecule has 0 aromatic heterocycles. The van der Waals surface area contributed by atoms with Crippen LogP contribution in [0, 0.1) is 0 Å². The van der Waals surface area contributed by atoms with Crippen molar-refractivity contribution in [2.75, 3.05) is 25.6 Å². The Morgan fingerprint density at radius 1 is 1.09 bits per heavy atom. The summed E-state index contributed by atoms with van der Waals surface area (Å²) in [7, 11) is 1.32. The summed E-state index contributed by atoms with van der Waals surface area (Å²) >= 11 is 1.26. The number of methoxy groups -OCH3 is 1. The van der Waals surface area contributed by atoms with Crippen LogP contribution in [0.15, 0.2) is 53.5 Å². The van der Waals surface area contributed by atoms with E-state index in [0.717, 1.165) is 5.75 Å². The average molecular weight is 456 g/mol. The van der Waals surface area contributed by atoms with Crippen molar-refractivity contribution in [2.24, 2.45) is 4.99 Å². The molecule has 0 aliphatic carbocycles. The fraction of sp³-hybridized carbons (Fsp3) is 0.304. The summed E-state index contributed by atoms with van der Waals surface area (Å²) in [5.74, 6) is -0.0986. The second kappa shape index (κ2) is 10.8. The molecule has 1 saturated heterocycles. The fourth-order valence-corrected chi connectivity index (χ4v) is 4.32. The molecule has 2 amide bonds. The molecule has 1 N–H and O–H groups in total. The first kappa shape index (κ1) is 23.3. The van der Waals surface area contributed by atoms with Crippen molar-refractivity contribution in [1.29, 1.82) is 0 Å². The van der Waals surface area contributed by atoms with Gasteiger partial charge in [0.15, 0.2) is 5.17 Å². The van der Waals surface area contributed by atoms with Crippen LogP contribution in [0.4, 0.5) is 11.4 Å². The Labute approximate surface area is 191 Å². The third kappa shape index (κ3) is 5.67. The molecule has 1 heterocycles. The lowest BCUT2D eigenvalue weighted by Gasteiger charge is -2.13. The number of carbonyl (C=O) groups is 3. The molecule has 2 aromatic carbocycles. The zero-order chi connectivity index (χ0) is 23.1. The molecule has 3 rings (SSSR count). The van der Waals surface area contributed by atoms with E-state index in [1.54, 1.807) is 53.4 Å². The highest BCUT2D eigenvalue weighted by Gasteiger charge is 2.38. The van der Waals surface area contributed by atoms with Crippen molar-refractivity contribution >= 4 is 46.1 Å². The third-order valence-electron chi connectivity index (χ3n) is 4.67. The van der Waals surface area contributed by atoms with Gasteiger partial charge < -0.3 is 14.8 Å². The number of rotatable bonds is 8. The minimum atomic E-state index is -0.550. The number of thioether (sulfide) groups is 1. The van der Waals surface area contributed by atoms with Crippen molar-refractivity contribution in [1.82, 2.24) is 4.90 Å². The van der Waals surface area contributed by atoms with Crippen molar-refractivity contribution in [3.05, 3.63) is 54.1 Å². The molecule has 0 radical (unpaired) electrons. The van der Waals surface area contributed by atoms with Gasteiger partial charge in [-0.1, -0.05) is 11.8 Å². The van der Waals surface area contributed by atoms with Crippen molar-refractivity contribution < 1.29 is 23.9 Å². The molecule has 168 valence electrons. The van der Waals surface area contributed by atoms with Gasteiger partial charge in [-0.25, -0.2) is 9.79 Å². The lowest BCUT2D eigenvalue weighted by atomic mass is 10.2. The zero-order valence-corrected chi connectivity index (χ0v) is 19.0. The number of amides is 2. The van der Waals surface area contributed by atoms with Crippen LogP contribution in [-0.4, -0.2) is 53.4 Å². The molecule has 32 heavy (non-hydrogen) atoms. The van der Waals surface area contributed by atoms with Gasteiger partial charge in [-0.3, -0.25) is 14.5 Å². The van der Waals surface area contributed by atoms with E-state index >= 15 is 0 Å². The van der Waals surface area contributed by atoms with Crippen molar-refractivity contribution in [3.63, 3.8) is 0 Å². The summed E-state index contributed by atoms with van der Waals surface area (Å²) in [6.45, 7) is 4.78. The molecule has 2 aromatic rings. The average Bonchev–Trinajstić information content (AvgIpc) is 3.08. The van der Waals surface area contributed by atoms with Crippen LogP contribution in [0.1, 0.15) is 30.6 Å². The van der Waals surface area contributed by atoms with Gasteiger partial charge >= 0.3 is 5.97 Å². The smallest absolute Gasteiger partial charge is 0.337 e. The van der Waals surface area contributed by atoms with E-state index in [-0.39, 0.29) is 18.2 Å². The summed E-state index contributed by atoms with van der Waals surface area (Å²) < 4.78 is 10.1. The lowest BCUT2D eigenvalue weighted by molar-refractivity contribution is -0.128. The van der Waals surface area contributed by atoms with E-state index in [1.165, 1.54) is 18.9 Å². The van der Waals surface area contributed by atoms with Gasteiger partial charge in [0.1, 0.15) is 11.0 Å². The molecule has 1 aliphatic heterocycles. The number of hydrogen-bond donors (Lipinski definition) is 1. The normalized spacial score (nSPS) is 16.8. The molecular formula is C23H25N3O5S. The Bertz CT molecular complexity index is 1010. The van der Waals surface area contributed by atoms with Gasteiger partial charge in [0.2, 0.25) is 11.8 Å². The van der Waals surface area contributed by atoms with Crippen LogP contribution in [0.25, 0.3) is 0 Å². The maximum atomic E-state index is 12.8. The minimum Gasteiger partial charge on any atom is -0.494 e. The number of hydrogen-bond acceptors (Lipinski definition) is 7. The van der Waals surface area contributed by atoms with E-state index in [1.807, 2.05) is 13.8 Å². The molecule has 8 nitrogen and oxygen atoms in total. The molecule has 9 heteroatoms. The highest BCUT2D eigenvalue weighted by molar-refractivity contribution is 8.15. The largest absolute Gasteiger partial charge is 0.494 e. The van der Waals surface area contributed by atoms with Crippen LogP contribution in [0.5, 0.6) is 5.75 Å². The third-order valence-corrected chi connectivity index (χ3v) is 5.84. The van der Waals surface area contributed by atoms with E-state index in [0.29, 0.717) is 35.3 Å². The van der Waals surface area contributed by atoms with E-state index in [9.17, 15) is 14.4 Å². The summed E-state index contributed by atoms with van der Waals surface area (Å²) in [5.41, 5.74) is 1.66. The Balaban J connectivity index is 1.65. The standard InChI is InChI=1S/C23H25N3O5S/c1-4-26-21(28)19(14-20(27)24-16-10-12-18(13-11-16)31-5-2)32-23(26)25-17-8-6-15(7-9-17)22(29)30-3/h6-13,19H,4-5,14H2,1-3H3,(H,24,27)/t19-/m1/s1. The molecule has 0 unspecified atom stereocenters. The SMILES string of the molecule is CCOc1ccc(NC(=O)C[C@H]2SC(=Nc3ccc(C(=O)OC)cc3)N(CC)C2=O)cc1. The molecule has 0 bridgehead atoms.